The molecule has 0 saturated heterocycles. The molecule has 0 radical (unpaired) electrons. The normalized spacial score (nSPS) is 15.1. The predicted molar refractivity (Wildman–Crippen MR) is 191 cm³/mol. The van der Waals surface area contributed by atoms with Gasteiger partial charge in [0.25, 0.3) is 0 Å². The number of ether oxygens (including phenoxy) is 1. The summed E-state index contributed by atoms with van der Waals surface area (Å²) in [4.78, 5) is 14.7. The molecular formula is C41H26N3O2P. The number of hydrogen-bond acceptors (Lipinski definition) is 5. The van der Waals surface area contributed by atoms with Gasteiger partial charge in [0.2, 0.25) is 0 Å². The van der Waals surface area contributed by atoms with Crippen LogP contribution in [0.25, 0.3) is 55.7 Å². The number of hydrogen-bond donors (Lipinski definition) is 0. The molecule has 5 nitrogen and oxygen atoms in total. The molecule has 7 aromatic carbocycles. The summed E-state index contributed by atoms with van der Waals surface area (Å²) >= 11 is 0. The summed E-state index contributed by atoms with van der Waals surface area (Å²) < 4.78 is 22.8. The SMILES string of the molecule is O=P1(c2ccccc2)c2ccc(-c3nc(-c4ccccc4)nc(-c4ccccc4)n3)cc2Oc2c1c1ccccc1c1ccccc21. The van der Waals surface area contributed by atoms with Gasteiger partial charge in [-0.3, -0.25) is 0 Å². The molecule has 0 saturated carbocycles. The van der Waals surface area contributed by atoms with E-state index in [9.17, 15) is 0 Å². The summed E-state index contributed by atoms with van der Waals surface area (Å²) in [5, 5.41) is 6.10. The second-order valence-corrected chi connectivity index (χ2v) is 14.2. The molecule has 1 atom stereocenters. The molecule has 0 N–H and O–H groups in total. The zero-order valence-corrected chi connectivity index (χ0v) is 26.0. The molecule has 47 heavy (non-hydrogen) atoms. The van der Waals surface area contributed by atoms with Crippen LogP contribution in [0.1, 0.15) is 0 Å². The van der Waals surface area contributed by atoms with Crippen LogP contribution in [0.15, 0.2) is 158 Å². The average Bonchev–Trinajstić information content (AvgIpc) is 3.15. The largest absolute Gasteiger partial charge is 0.455 e. The van der Waals surface area contributed by atoms with E-state index in [-0.39, 0.29) is 0 Å². The highest BCUT2D eigenvalue weighted by molar-refractivity contribution is 7.86. The average molecular weight is 624 g/mol. The number of aromatic nitrogens is 3. The molecule has 2 heterocycles. The van der Waals surface area contributed by atoms with Crippen molar-refractivity contribution in [2.75, 3.05) is 0 Å². The molecule has 6 heteroatoms. The van der Waals surface area contributed by atoms with Gasteiger partial charge in [-0.2, -0.15) is 0 Å². The van der Waals surface area contributed by atoms with Crippen LogP contribution >= 0.6 is 7.14 Å². The first-order chi connectivity index (χ1) is 23.2. The summed E-state index contributed by atoms with van der Waals surface area (Å²) in [5.41, 5.74) is 2.53. The summed E-state index contributed by atoms with van der Waals surface area (Å²) in [5.74, 6) is 2.82. The van der Waals surface area contributed by atoms with Crippen LogP contribution in [0, 0.1) is 0 Å². The van der Waals surface area contributed by atoms with Crippen LogP contribution in [0.3, 0.4) is 0 Å². The van der Waals surface area contributed by atoms with E-state index in [1.54, 1.807) is 0 Å². The fourth-order valence-electron chi connectivity index (χ4n) is 6.58. The molecule has 0 aliphatic carbocycles. The van der Waals surface area contributed by atoms with Crippen molar-refractivity contribution >= 4 is 44.6 Å². The zero-order valence-electron chi connectivity index (χ0n) is 25.1. The number of fused-ring (bicyclic) bond motifs is 7. The molecule has 1 unspecified atom stereocenters. The molecule has 1 aromatic heterocycles. The predicted octanol–water partition coefficient (Wildman–Crippen LogP) is 8.92. The highest BCUT2D eigenvalue weighted by Gasteiger charge is 2.41. The molecule has 0 fully saturated rings. The minimum atomic E-state index is -3.40. The Kier molecular flexibility index (Phi) is 6.34. The van der Waals surface area contributed by atoms with Gasteiger partial charge in [0, 0.05) is 27.4 Å². The minimum absolute atomic E-state index is 0.507. The smallest absolute Gasteiger partial charge is 0.179 e. The van der Waals surface area contributed by atoms with Crippen LogP contribution < -0.4 is 20.7 Å². The maximum absolute atomic E-state index is 15.9. The Bertz CT molecular complexity index is 2460. The van der Waals surface area contributed by atoms with E-state index in [4.69, 9.17) is 19.7 Å². The lowest BCUT2D eigenvalue weighted by Gasteiger charge is -2.31. The first-order valence-electron chi connectivity index (χ1n) is 15.5. The van der Waals surface area contributed by atoms with Crippen LogP contribution in [0.4, 0.5) is 0 Å². The Balaban J connectivity index is 1.30. The van der Waals surface area contributed by atoms with Crippen LogP contribution in [-0.2, 0) is 4.57 Å². The second-order valence-electron chi connectivity index (χ2n) is 11.5. The van der Waals surface area contributed by atoms with Gasteiger partial charge in [-0.15, -0.1) is 0 Å². The van der Waals surface area contributed by atoms with Crippen molar-refractivity contribution < 1.29 is 9.30 Å². The van der Waals surface area contributed by atoms with Crippen LogP contribution in [0.2, 0.25) is 0 Å². The second kappa shape index (κ2) is 10.9. The standard InChI is InChI=1S/C41H26N3O2P/c45-47(30-18-8-3-9-19-30)36-25-24-29(41-43-39(27-14-4-1-5-15-27)42-40(44-41)28-16-6-2-7-17-28)26-35(36)46-37-33-22-12-10-20-31(33)32-21-11-13-23-34(32)38(37)47/h1-26H. The van der Waals surface area contributed by atoms with E-state index in [0.717, 1.165) is 48.8 Å². The van der Waals surface area contributed by atoms with E-state index in [2.05, 4.69) is 24.3 Å². The van der Waals surface area contributed by atoms with Crippen molar-refractivity contribution in [3.63, 3.8) is 0 Å². The highest BCUT2D eigenvalue weighted by atomic mass is 31.2. The Labute approximate surface area is 271 Å². The lowest BCUT2D eigenvalue weighted by Crippen LogP contribution is -2.31. The lowest BCUT2D eigenvalue weighted by atomic mass is 10.0. The summed E-state index contributed by atoms with van der Waals surface area (Å²) in [6, 6.07) is 51.7. The van der Waals surface area contributed by atoms with Crippen LogP contribution in [0.5, 0.6) is 11.5 Å². The molecule has 8 aromatic rings. The Hall–Kier alpha value is -5.90. The Morgan fingerprint density at radius 3 is 1.51 bits per heavy atom. The molecule has 222 valence electrons. The number of rotatable bonds is 4. The van der Waals surface area contributed by atoms with Crippen molar-refractivity contribution in [3.8, 4) is 45.7 Å². The Morgan fingerprint density at radius 1 is 0.447 bits per heavy atom. The van der Waals surface area contributed by atoms with Gasteiger partial charge in [-0.25, -0.2) is 15.0 Å². The molecule has 0 amide bonds. The minimum Gasteiger partial charge on any atom is -0.455 e. The van der Waals surface area contributed by atoms with Gasteiger partial charge in [-0.05, 0) is 28.3 Å². The third-order valence-corrected chi connectivity index (χ3v) is 11.9. The van der Waals surface area contributed by atoms with E-state index >= 15 is 4.57 Å². The molecule has 1 aliphatic rings. The fourth-order valence-corrected chi connectivity index (χ4v) is 9.64. The van der Waals surface area contributed by atoms with Crippen molar-refractivity contribution in [2.45, 2.75) is 0 Å². The van der Waals surface area contributed by atoms with Gasteiger partial charge in [0.05, 0.1) is 10.6 Å². The monoisotopic (exact) mass is 623 g/mol. The topological polar surface area (TPSA) is 65.0 Å². The molecule has 0 bridgehead atoms. The van der Waals surface area contributed by atoms with E-state index < -0.39 is 7.14 Å². The molecular weight excluding hydrogens is 597 g/mol. The maximum atomic E-state index is 15.9. The van der Waals surface area contributed by atoms with Gasteiger partial charge in [0.1, 0.15) is 11.5 Å². The van der Waals surface area contributed by atoms with E-state index in [1.165, 1.54) is 0 Å². The lowest BCUT2D eigenvalue weighted by molar-refractivity contribution is 0.491. The van der Waals surface area contributed by atoms with Gasteiger partial charge >= 0.3 is 0 Å². The van der Waals surface area contributed by atoms with Gasteiger partial charge < -0.3 is 9.30 Å². The van der Waals surface area contributed by atoms with Crippen molar-refractivity contribution in [1.82, 2.24) is 15.0 Å². The fraction of sp³-hybridized carbons (Fsp3) is 0. The van der Waals surface area contributed by atoms with Crippen molar-refractivity contribution in [2.24, 2.45) is 0 Å². The number of benzene rings is 7. The van der Waals surface area contributed by atoms with Crippen molar-refractivity contribution in [3.05, 3.63) is 158 Å². The first kappa shape index (κ1) is 27.4. The first-order valence-corrected chi connectivity index (χ1v) is 17.2. The van der Waals surface area contributed by atoms with Gasteiger partial charge in [-0.1, -0.05) is 146 Å². The maximum Gasteiger partial charge on any atom is 0.179 e. The highest BCUT2D eigenvalue weighted by Crippen LogP contribution is 2.55. The molecule has 1 aliphatic heterocycles. The Morgan fingerprint density at radius 2 is 0.915 bits per heavy atom. The molecule has 9 rings (SSSR count). The molecule has 0 spiro atoms. The summed E-state index contributed by atoms with van der Waals surface area (Å²) in [6.07, 6.45) is 0. The third kappa shape index (κ3) is 4.39. The quantitative estimate of drug-likeness (QED) is 0.145. The number of nitrogens with zero attached hydrogens (tertiary/aromatic N) is 3. The van der Waals surface area contributed by atoms with Gasteiger partial charge in [0.15, 0.2) is 24.6 Å². The third-order valence-electron chi connectivity index (χ3n) is 8.76. The summed E-state index contributed by atoms with van der Waals surface area (Å²) in [7, 11) is -3.40. The zero-order chi connectivity index (χ0) is 31.4. The van der Waals surface area contributed by atoms with Crippen LogP contribution in [-0.4, -0.2) is 15.0 Å². The van der Waals surface area contributed by atoms with E-state index in [0.29, 0.717) is 34.3 Å². The van der Waals surface area contributed by atoms with Crippen molar-refractivity contribution in [1.29, 1.82) is 0 Å². The summed E-state index contributed by atoms with van der Waals surface area (Å²) in [6.45, 7) is 0. The van der Waals surface area contributed by atoms with E-state index in [1.807, 2.05) is 133 Å².